The third kappa shape index (κ3) is 5.50. The number of fused-ring (bicyclic) bond motifs is 1. The molecule has 1 aliphatic heterocycles. The fraction of sp³-hybridized carbons (Fsp3) is 0.350. The van der Waals surface area contributed by atoms with Crippen LogP contribution in [0, 0.1) is 0 Å². The van der Waals surface area contributed by atoms with Crippen LogP contribution in [0.15, 0.2) is 48.5 Å². The molecule has 0 aromatic heterocycles. The van der Waals surface area contributed by atoms with Crippen LogP contribution in [0.3, 0.4) is 0 Å². The van der Waals surface area contributed by atoms with E-state index in [2.05, 4.69) is 17.4 Å². The second kappa shape index (κ2) is 9.08. The first-order valence-electron chi connectivity index (χ1n) is 8.62. The Balaban J connectivity index is 1.32. The second-order valence-electron chi connectivity index (χ2n) is 5.86. The van der Waals surface area contributed by atoms with Gasteiger partial charge in [0.15, 0.2) is 11.5 Å². The molecule has 2 aromatic rings. The summed E-state index contributed by atoms with van der Waals surface area (Å²) in [5.41, 5.74) is 1.98. The molecular formula is C20H23NO4. The number of carbonyl (C=O) groups excluding carboxylic acids is 1. The SMILES string of the molecule is O=C(CCCOCCc1ccccc1)Nc1ccc2c(c1)OCCO2. The molecule has 3 rings (SSSR count). The Kier molecular flexibility index (Phi) is 6.29. The molecule has 0 atom stereocenters. The van der Waals surface area contributed by atoms with Crippen LogP contribution >= 0.6 is 0 Å². The van der Waals surface area contributed by atoms with Crippen LogP contribution in [-0.2, 0) is 16.0 Å². The Hall–Kier alpha value is -2.53. The summed E-state index contributed by atoms with van der Waals surface area (Å²) in [6.45, 7) is 2.35. The average Bonchev–Trinajstić information content (AvgIpc) is 2.65. The molecule has 1 aliphatic rings. The highest BCUT2D eigenvalue weighted by Crippen LogP contribution is 2.32. The van der Waals surface area contributed by atoms with Gasteiger partial charge in [0.05, 0.1) is 6.61 Å². The van der Waals surface area contributed by atoms with Crippen molar-refractivity contribution in [2.45, 2.75) is 19.3 Å². The minimum Gasteiger partial charge on any atom is -0.486 e. The number of benzene rings is 2. The maximum absolute atomic E-state index is 12.0. The Morgan fingerprint density at radius 3 is 2.64 bits per heavy atom. The van der Waals surface area contributed by atoms with Crippen molar-refractivity contribution in [3.63, 3.8) is 0 Å². The fourth-order valence-electron chi connectivity index (χ4n) is 2.62. The molecule has 1 amide bonds. The summed E-state index contributed by atoms with van der Waals surface area (Å²) in [4.78, 5) is 12.0. The van der Waals surface area contributed by atoms with Crippen LogP contribution < -0.4 is 14.8 Å². The van der Waals surface area contributed by atoms with Crippen molar-refractivity contribution in [2.75, 3.05) is 31.7 Å². The van der Waals surface area contributed by atoms with Crippen LogP contribution in [0.5, 0.6) is 11.5 Å². The van der Waals surface area contributed by atoms with Gasteiger partial charge in [0, 0.05) is 24.8 Å². The standard InChI is InChI=1S/C20H23NO4/c22-20(7-4-11-23-12-10-16-5-2-1-3-6-16)21-17-8-9-18-19(15-17)25-14-13-24-18/h1-3,5-6,8-9,15H,4,7,10-14H2,(H,21,22). The number of hydrogen-bond donors (Lipinski definition) is 1. The van der Waals surface area contributed by atoms with E-state index < -0.39 is 0 Å². The molecule has 0 bridgehead atoms. The molecule has 25 heavy (non-hydrogen) atoms. The van der Waals surface area contributed by atoms with E-state index in [9.17, 15) is 4.79 Å². The summed E-state index contributed by atoms with van der Waals surface area (Å²) in [6.07, 6.45) is 2.02. The Morgan fingerprint density at radius 1 is 1.00 bits per heavy atom. The van der Waals surface area contributed by atoms with Gasteiger partial charge < -0.3 is 19.5 Å². The van der Waals surface area contributed by atoms with Gasteiger partial charge in [0.1, 0.15) is 13.2 Å². The first-order valence-corrected chi connectivity index (χ1v) is 8.62. The minimum absolute atomic E-state index is 0.0247. The van der Waals surface area contributed by atoms with Crippen molar-refractivity contribution >= 4 is 11.6 Å². The predicted octanol–water partition coefficient (Wildman–Crippen LogP) is 3.44. The van der Waals surface area contributed by atoms with E-state index in [-0.39, 0.29) is 5.91 Å². The van der Waals surface area contributed by atoms with Gasteiger partial charge in [-0.15, -0.1) is 0 Å². The summed E-state index contributed by atoms with van der Waals surface area (Å²) in [5, 5.41) is 2.88. The van der Waals surface area contributed by atoms with E-state index in [1.807, 2.05) is 30.3 Å². The van der Waals surface area contributed by atoms with Gasteiger partial charge >= 0.3 is 0 Å². The van der Waals surface area contributed by atoms with Gasteiger partial charge in [-0.05, 0) is 30.5 Å². The molecular weight excluding hydrogens is 318 g/mol. The molecule has 0 saturated carbocycles. The van der Waals surface area contributed by atoms with Crippen LogP contribution in [0.4, 0.5) is 5.69 Å². The lowest BCUT2D eigenvalue weighted by Crippen LogP contribution is -2.16. The molecule has 0 spiro atoms. The molecule has 2 aromatic carbocycles. The van der Waals surface area contributed by atoms with Crippen LogP contribution in [0.25, 0.3) is 0 Å². The smallest absolute Gasteiger partial charge is 0.224 e. The molecule has 0 aliphatic carbocycles. The number of nitrogens with one attached hydrogen (secondary N) is 1. The number of hydrogen-bond acceptors (Lipinski definition) is 4. The Morgan fingerprint density at radius 2 is 1.80 bits per heavy atom. The summed E-state index contributed by atoms with van der Waals surface area (Å²) < 4.78 is 16.6. The Labute approximate surface area is 147 Å². The molecule has 1 heterocycles. The predicted molar refractivity (Wildman–Crippen MR) is 96.3 cm³/mol. The molecule has 0 unspecified atom stereocenters. The normalized spacial score (nSPS) is 12.6. The highest BCUT2D eigenvalue weighted by atomic mass is 16.6. The van der Waals surface area contributed by atoms with Crippen molar-refractivity contribution in [3.05, 3.63) is 54.1 Å². The van der Waals surface area contributed by atoms with E-state index in [1.165, 1.54) is 5.56 Å². The van der Waals surface area contributed by atoms with Crippen LogP contribution in [0.2, 0.25) is 0 Å². The summed E-state index contributed by atoms with van der Waals surface area (Å²) in [5.74, 6) is 1.37. The van der Waals surface area contributed by atoms with Crippen LogP contribution in [0.1, 0.15) is 18.4 Å². The zero-order valence-electron chi connectivity index (χ0n) is 14.2. The molecule has 0 fully saturated rings. The van der Waals surface area contributed by atoms with E-state index in [0.29, 0.717) is 45.0 Å². The molecule has 5 nitrogen and oxygen atoms in total. The van der Waals surface area contributed by atoms with Crippen LogP contribution in [-0.4, -0.2) is 32.3 Å². The van der Waals surface area contributed by atoms with E-state index in [1.54, 1.807) is 6.07 Å². The number of ether oxygens (including phenoxy) is 3. The van der Waals surface area contributed by atoms with Gasteiger partial charge in [-0.25, -0.2) is 0 Å². The number of anilines is 1. The van der Waals surface area contributed by atoms with Gasteiger partial charge in [-0.1, -0.05) is 30.3 Å². The fourth-order valence-corrected chi connectivity index (χ4v) is 2.62. The quantitative estimate of drug-likeness (QED) is 0.747. The zero-order chi connectivity index (χ0) is 17.3. The molecule has 132 valence electrons. The lowest BCUT2D eigenvalue weighted by molar-refractivity contribution is -0.116. The zero-order valence-corrected chi connectivity index (χ0v) is 14.2. The topological polar surface area (TPSA) is 56.8 Å². The lowest BCUT2D eigenvalue weighted by Gasteiger charge is -2.19. The lowest BCUT2D eigenvalue weighted by atomic mass is 10.2. The number of amides is 1. The van der Waals surface area contributed by atoms with Gasteiger partial charge in [-0.2, -0.15) is 0 Å². The van der Waals surface area contributed by atoms with Gasteiger partial charge in [0.2, 0.25) is 5.91 Å². The first-order chi connectivity index (χ1) is 12.3. The average molecular weight is 341 g/mol. The minimum atomic E-state index is -0.0247. The maximum Gasteiger partial charge on any atom is 0.224 e. The van der Waals surface area contributed by atoms with E-state index in [4.69, 9.17) is 14.2 Å². The monoisotopic (exact) mass is 341 g/mol. The highest BCUT2D eigenvalue weighted by Gasteiger charge is 2.12. The van der Waals surface area contributed by atoms with Crippen molar-refractivity contribution < 1.29 is 19.0 Å². The maximum atomic E-state index is 12.0. The largest absolute Gasteiger partial charge is 0.486 e. The molecule has 5 heteroatoms. The van der Waals surface area contributed by atoms with Crippen molar-refractivity contribution in [1.82, 2.24) is 0 Å². The van der Waals surface area contributed by atoms with Gasteiger partial charge in [-0.3, -0.25) is 4.79 Å². The Bertz CT molecular complexity index is 687. The summed E-state index contributed by atoms with van der Waals surface area (Å²) in [6, 6.07) is 15.7. The van der Waals surface area contributed by atoms with E-state index in [0.717, 1.165) is 17.9 Å². The number of rotatable bonds is 8. The van der Waals surface area contributed by atoms with Crippen molar-refractivity contribution in [1.29, 1.82) is 0 Å². The third-order valence-electron chi connectivity index (χ3n) is 3.90. The third-order valence-corrected chi connectivity index (χ3v) is 3.90. The van der Waals surface area contributed by atoms with Gasteiger partial charge in [0.25, 0.3) is 0 Å². The highest BCUT2D eigenvalue weighted by molar-refractivity contribution is 5.91. The molecule has 0 saturated heterocycles. The summed E-state index contributed by atoms with van der Waals surface area (Å²) in [7, 11) is 0. The molecule has 0 radical (unpaired) electrons. The van der Waals surface area contributed by atoms with Crippen molar-refractivity contribution in [3.8, 4) is 11.5 Å². The van der Waals surface area contributed by atoms with Crippen molar-refractivity contribution in [2.24, 2.45) is 0 Å². The van der Waals surface area contributed by atoms with E-state index >= 15 is 0 Å². The first kappa shape index (κ1) is 17.3. The second-order valence-corrected chi connectivity index (χ2v) is 5.86. The molecule has 1 N–H and O–H groups in total. The summed E-state index contributed by atoms with van der Waals surface area (Å²) >= 11 is 0. The number of carbonyl (C=O) groups is 1.